The summed E-state index contributed by atoms with van der Waals surface area (Å²) in [7, 11) is -3.49. The van der Waals surface area contributed by atoms with Gasteiger partial charge in [-0.2, -0.15) is 0 Å². The van der Waals surface area contributed by atoms with E-state index in [0.717, 1.165) is 11.1 Å². The lowest BCUT2D eigenvalue weighted by Gasteiger charge is -2.28. The Balaban J connectivity index is 2.17. The Hall–Kier alpha value is -0.950. The van der Waals surface area contributed by atoms with E-state index in [9.17, 15) is 8.42 Å². The number of aryl methyl sites for hydroxylation is 1. The third-order valence-electron chi connectivity index (χ3n) is 3.57. The second-order valence-corrected chi connectivity index (χ2v) is 7.01. The Kier molecular flexibility index (Phi) is 4.80. The maximum atomic E-state index is 12.4. The number of rotatable bonds is 4. The summed E-state index contributed by atoms with van der Waals surface area (Å²) in [5, 5.41) is 0. The average Bonchev–Trinajstić information content (AvgIpc) is 2.37. The molecule has 1 aliphatic rings. The number of ether oxygens (including phenoxy) is 1. The number of hydrogen-bond acceptors (Lipinski definition) is 4. The molecule has 0 saturated carbocycles. The molecule has 1 aromatic carbocycles. The molecule has 0 spiro atoms. The molecule has 6 heteroatoms. The van der Waals surface area contributed by atoms with Gasteiger partial charge < -0.3 is 10.5 Å². The summed E-state index contributed by atoms with van der Waals surface area (Å²) < 4.78 is 33.1. The van der Waals surface area contributed by atoms with Gasteiger partial charge in [0.1, 0.15) is 0 Å². The maximum Gasteiger partial charge on any atom is 0.241 e. The summed E-state index contributed by atoms with van der Waals surface area (Å²) in [4.78, 5) is 0.328. The monoisotopic (exact) mass is 298 g/mol. The van der Waals surface area contributed by atoms with Crippen LogP contribution in [0.4, 0.5) is 0 Å². The van der Waals surface area contributed by atoms with Crippen LogP contribution in [-0.2, 0) is 21.3 Å². The van der Waals surface area contributed by atoms with Crippen LogP contribution in [0.2, 0.25) is 0 Å². The first-order chi connectivity index (χ1) is 9.42. The number of nitrogens with one attached hydrogen (secondary N) is 1. The first kappa shape index (κ1) is 15.4. The van der Waals surface area contributed by atoms with Crippen molar-refractivity contribution >= 4 is 10.0 Å². The molecule has 1 fully saturated rings. The van der Waals surface area contributed by atoms with Gasteiger partial charge in [0.05, 0.1) is 11.0 Å². The fraction of sp³-hybridized carbons (Fsp3) is 0.571. The van der Waals surface area contributed by atoms with Crippen LogP contribution in [0.25, 0.3) is 0 Å². The fourth-order valence-corrected chi connectivity index (χ4v) is 4.04. The molecule has 1 aromatic rings. The first-order valence-corrected chi connectivity index (χ1v) is 8.34. The molecule has 1 heterocycles. The van der Waals surface area contributed by atoms with Crippen LogP contribution in [0.15, 0.2) is 23.1 Å². The maximum absolute atomic E-state index is 12.4. The van der Waals surface area contributed by atoms with Crippen LogP contribution < -0.4 is 10.5 Å². The van der Waals surface area contributed by atoms with Crippen molar-refractivity contribution in [2.75, 3.05) is 6.61 Å². The van der Waals surface area contributed by atoms with Crippen molar-refractivity contribution in [2.45, 2.75) is 50.3 Å². The third-order valence-corrected chi connectivity index (χ3v) is 5.25. The molecule has 1 saturated heterocycles. The summed E-state index contributed by atoms with van der Waals surface area (Å²) in [6, 6.07) is 5.15. The van der Waals surface area contributed by atoms with Crippen molar-refractivity contribution in [3.05, 3.63) is 29.3 Å². The molecule has 1 aliphatic heterocycles. The zero-order valence-corrected chi connectivity index (χ0v) is 12.7. The van der Waals surface area contributed by atoms with Gasteiger partial charge in [-0.3, -0.25) is 0 Å². The summed E-state index contributed by atoms with van der Waals surface area (Å²) >= 11 is 0. The standard InChI is InChI=1S/C14H22N2O3S/c1-10-7-12(9-15)3-4-14(10)20(17,18)16-13-5-6-19-11(2)8-13/h3-4,7,11,13,16H,5-6,8-9,15H2,1-2H3. The summed E-state index contributed by atoms with van der Waals surface area (Å²) in [5.41, 5.74) is 7.22. The molecule has 5 nitrogen and oxygen atoms in total. The van der Waals surface area contributed by atoms with Crippen molar-refractivity contribution in [2.24, 2.45) is 5.73 Å². The Bertz CT molecular complexity index is 572. The van der Waals surface area contributed by atoms with E-state index in [1.54, 1.807) is 19.1 Å². The molecule has 2 atom stereocenters. The van der Waals surface area contributed by atoms with Crippen molar-refractivity contribution in [3.63, 3.8) is 0 Å². The van der Waals surface area contributed by atoms with Crippen molar-refractivity contribution in [1.82, 2.24) is 4.72 Å². The van der Waals surface area contributed by atoms with Gasteiger partial charge in [-0.25, -0.2) is 13.1 Å². The van der Waals surface area contributed by atoms with Gasteiger partial charge in [-0.05, 0) is 43.9 Å². The van der Waals surface area contributed by atoms with E-state index in [-0.39, 0.29) is 12.1 Å². The minimum atomic E-state index is -3.49. The number of sulfonamides is 1. The molecule has 0 amide bonds. The highest BCUT2D eigenvalue weighted by Crippen LogP contribution is 2.20. The van der Waals surface area contributed by atoms with Crippen molar-refractivity contribution in [1.29, 1.82) is 0 Å². The molecule has 20 heavy (non-hydrogen) atoms. The quantitative estimate of drug-likeness (QED) is 0.878. The SMILES string of the molecule is Cc1cc(CN)ccc1S(=O)(=O)NC1CCOC(C)C1. The summed E-state index contributed by atoms with van der Waals surface area (Å²) in [6.07, 6.45) is 1.51. The fourth-order valence-electron chi connectivity index (χ4n) is 2.53. The minimum Gasteiger partial charge on any atom is -0.378 e. The van der Waals surface area contributed by atoms with Gasteiger partial charge in [0.2, 0.25) is 10.0 Å². The second kappa shape index (κ2) is 6.22. The molecule has 0 radical (unpaired) electrons. The topological polar surface area (TPSA) is 81.4 Å². The molecule has 0 aromatic heterocycles. The van der Waals surface area contributed by atoms with Crippen LogP contribution in [0.5, 0.6) is 0 Å². The zero-order valence-electron chi connectivity index (χ0n) is 11.9. The summed E-state index contributed by atoms with van der Waals surface area (Å²) in [6.45, 7) is 4.76. The molecular weight excluding hydrogens is 276 g/mol. The van der Waals surface area contributed by atoms with Crippen LogP contribution in [-0.4, -0.2) is 27.2 Å². The number of benzene rings is 1. The smallest absolute Gasteiger partial charge is 0.241 e. The number of hydrogen-bond donors (Lipinski definition) is 2. The minimum absolute atomic E-state index is 0.0580. The third kappa shape index (κ3) is 3.58. The lowest BCUT2D eigenvalue weighted by Crippen LogP contribution is -2.41. The van der Waals surface area contributed by atoms with Crippen LogP contribution in [0.3, 0.4) is 0 Å². The Morgan fingerprint density at radius 1 is 1.45 bits per heavy atom. The molecule has 3 N–H and O–H groups in total. The highest BCUT2D eigenvalue weighted by molar-refractivity contribution is 7.89. The zero-order chi connectivity index (χ0) is 14.8. The highest BCUT2D eigenvalue weighted by Gasteiger charge is 2.25. The van der Waals surface area contributed by atoms with Crippen molar-refractivity contribution in [3.8, 4) is 0 Å². The van der Waals surface area contributed by atoms with E-state index in [1.165, 1.54) is 0 Å². The largest absolute Gasteiger partial charge is 0.378 e. The van der Waals surface area contributed by atoms with Crippen LogP contribution in [0.1, 0.15) is 30.9 Å². The first-order valence-electron chi connectivity index (χ1n) is 6.86. The molecular formula is C14H22N2O3S. The van der Waals surface area contributed by atoms with E-state index in [0.29, 0.717) is 30.9 Å². The lowest BCUT2D eigenvalue weighted by atomic mass is 10.1. The normalized spacial score (nSPS) is 23.8. The predicted octanol–water partition coefficient (Wildman–Crippen LogP) is 1.30. The van der Waals surface area contributed by atoms with E-state index in [4.69, 9.17) is 10.5 Å². The Morgan fingerprint density at radius 3 is 2.80 bits per heavy atom. The lowest BCUT2D eigenvalue weighted by molar-refractivity contribution is 0.0173. The van der Waals surface area contributed by atoms with Crippen LogP contribution >= 0.6 is 0 Å². The van der Waals surface area contributed by atoms with E-state index < -0.39 is 10.0 Å². The average molecular weight is 298 g/mol. The molecule has 112 valence electrons. The molecule has 0 aliphatic carbocycles. The van der Waals surface area contributed by atoms with E-state index >= 15 is 0 Å². The van der Waals surface area contributed by atoms with Gasteiger partial charge in [0, 0.05) is 19.2 Å². The predicted molar refractivity (Wildman–Crippen MR) is 77.8 cm³/mol. The van der Waals surface area contributed by atoms with Gasteiger partial charge in [0.25, 0.3) is 0 Å². The molecule has 0 bridgehead atoms. The second-order valence-electron chi connectivity index (χ2n) is 5.33. The molecule has 2 rings (SSSR count). The Morgan fingerprint density at radius 2 is 2.20 bits per heavy atom. The van der Waals surface area contributed by atoms with Gasteiger partial charge >= 0.3 is 0 Å². The Labute approximate surface area is 120 Å². The number of nitrogens with two attached hydrogens (primary N) is 1. The molecule has 2 unspecified atom stereocenters. The van der Waals surface area contributed by atoms with E-state index in [1.807, 2.05) is 13.0 Å². The van der Waals surface area contributed by atoms with Crippen molar-refractivity contribution < 1.29 is 13.2 Å². The summed E-state index contributed by atoms with van der Waals surface area (Å²) in [5.74, 6) is 0. The van der Waals surface area contributed by atoms with Crippen LogP contribution in [0, 0.1) is 6.92 Å². The highest BCUT2D eigenvalue weighted by atomic mass is 32.2. The van der Waals surface area contributed by atoms with Gasteiger partial charge in [0.15, 0.2) is 0 Å². The van der Waals surface area contributed by atoms with Gasteiger partial charge in [-0.1, -0.05) is 12.1 Å². The van der Waals surface area contributed by atoms with E-state index in [2.05, 4.69) is 4.72 Å². The van der Waals surface area contributed by atoms with Gasteiger partial charge in [-0.15, -0.1) is 0 Å².